The second kappa shape index (κ2) is 11.4. The topological polar surface area (TPSA) is 35.6 Å². The summed E-state index contributed by atoms with van der Waals surface area (Å²) in [4.78, 5) is 5.26. The van der Waals surface area contributed by atoms with Crippen molar-refractivity contribution in [2.45, 2.75) is 52.4 Å². The average molecular weight is 723 g/mol. The van der Waals surface area contributed by atoms with E-state index in [1.165, 1.54) is 61.8 Å². The second-order valence-corrected chi connectivity index (χ2v) is 23.7. The van der Waals surface area contributed by atoms with Crippen molar-refractivity contribution in [1.82, 2.24) is 19.3 Å². The zero-order chi connectivity index (χ0) is 35.1. The van der Waals surface area contributed by atoms with Crippen LogP contribution in [0.3, 0.4) is 0 Å². The molecule has 4 heterocycles. The molecule has 5 heteroatoms. The Labute approximate surface area is 302 Å². The van der Waals surface area contributed by atoms with Crippen molar-refractivity contribution in [2.75, 3.05) is 0 Å². The second-order valence-electron chi connectivity index (χ2n) is 16.0. The molecule has 0 saturated heterocycles. The summed E-state index contributed by atoms with van der Waals surface area (Å²) in [6.45, 7) is 13.9. The van der Waals surface area contributed by atoms with Gasteiger partial charge in [0.15, 0.2) is 0 Å². The molecule has 0 N–H and O–H groups in total. The quantitative estimate of drug-likeness (QED) is 0.171. The summed E-state index contributed by atoms with van der Waals surface area (Å²) in [6, 6.07) is 48.0. The normalized spacial score (nSPS) is 13.8. The van der Waals surface area contributed by atoms with E-state index in [0.717, 1.165) is 11.4 Å². The van der Waals surface area contributed by atoms with E-state index in [2.05, 4.69) is 173 Å². The van der Waals surface area contributed by atoms with Gasteiger partial charge in [0.1, 0.15) is 0 Å². The van der Waals surface area contributed by atoms with Crippen LogP contribution in [0.5, 0.6) is 0 Å². The molecule has 0 unspecified atom stereocenters. The molecule has 0 radical (unpaired) electrons. The Morgan fingerprint density at radius 3 is 1.84 bits per heavy atom. The van der Waals surface area contributed by atoms with Crippen molar-refractivity contribution in [3.05, 3.63) is 157 Å². The van der Waals surface area contributed by atoms with E-state index in [9.17, 15) is 0 Å². The van der Waals surface area contributed by atoms with Gasteiger partial charge in [0, 0.05) is 0 Å². The number of rotatable bonds is 4. The predicted molar refractivity (Wildman–Crippen MR) is 216 cm³/mol. The molecule has 51 heavy (non-hydrogen) atoms. The number of fused-ring (bicyclic) bond motifs is 6. The molecule has 250 valence electrons. The number of aromatic nitrogens is 4. The summed E-state index contributed by atoms with van der Waals surface area (Å²) < 4.78 is 9.90. The van der Waals surface area contributed by atoms with Gasteiger partial charge >= 0.3 is 304 Å². The van der Waals surface area contributed by atoms with Gasteiger partial charge in [-0.2, -0.15) is 0 Å². The molecule has 9 rings (SSSR count). The van der Waals surface area contributed by atoms with Crippen molar-refractivity contribution in [3.63, 3.8) is 0 Å². The van der Waals surface area contributed by atoms with E-state index in [-0.39, 0.29) is 10.8 Å². The van der Waals surface area contributed by atoms with Gasteiger partial charge < -0.3 is 0 Å². The molecule has 0 spiro atoms. The summed E-state index contributed by atoms with van der Waals surface area (Å²) in [5.74, 6) is 0. The maximum atomic E-state index is 5.26. The first-order chi connectivity index (χ1) is 24.5. The Bertz CT molecular complexity index is 2540. The van der Waals surface area contributed by atoms with Crippen molar-refractivity contribution in [2.24, 2.45) is 0 Å². The third kappa shape index (κ3) is 4.87. The van der Waals surface area contributed by atoms with E-state index in [4.69, 9.17) is 4.98 Å². The molecule has 0 atom stereocenters. The Balaban J connectivity index is 1.39. The van der Waals surface area contributed by atoms with Gasteiger partial charge in [-0.05, 0) is 0 Å². The molecule has 0 amide bonds. The predicted octanol–water partition coefficient (Wildman–Crippen LogP) is 8.32. The molecule has 1 aliphatic heterocycles. The van der Waals surface area contributed by atoms with Crippen LogP contribution in [0.2, 0.25) is 0 Å². The van der Waals surface area contributed by atoms with E-state index >= 15 is 0 Å². The number of pyridine rings is 1. The van der Waals surface area contributed by atoms with E-state index in [1.54, 1.807) is 0 Å². The standard InChI is InChI=1S/C46H42GeN4/c1-45(2,3)31-18-22-40-38(27-31)39-28-32(46(4,5)6)19-23-41(39)47(40,44-17-9-10-24-48-44)33-20-21-37-36-15-7-8-16-42(36)51(43(37)29-33)35-14-11-13-34(30-35)50-26-12-25-49-50/h7-30H,1-6H3. The number of nitrogens with zero attached hydrogens (tertiary/aromatic N) is 4. The van der Waals surface area contributed by atoms with Gasteiger partial charge in [-0.1, -0.05) is 0 Å². The fraction of sp³-hybridized carbons (Fsp3) is 0.174. The Kier molecular flexibility index (Phi) is 7.11. The SMILES string of the molecule is CC(C)(C)c1cc[c]2c(c1)-c1cc(C(C)(C)C)cc[c]1[Ge]2([c]1ccc2c3ccccc3n(-c3cccc(-n4cccn4)c3)c2c1)[c]1ccccn1. The number of hydrogen-bond donors (Lipinski definition) is 0. The Hall–Kier alpha value is -5.20. The summed E-state index contributed by atoms with van der Waals surface area (Å²) in [5, 5.41) is 7.04. The zero-order valence-electron chi connectivity index (χ0n) is 30.1. The summed E-state index contributed by atoms with van der Waals surface area (Å²) in [5.41, 5.74) is 10.1. The molecule has 5 aromatic carbocycles. The summed E-state index contributed by atoms with van der Waals surface area (Å²) in [6.07, 6.45) is 5.82. The fourth-order valence-corrected chi connectivity index (χ4v) is 18.6. The number of hydrogen-bond acceptors (Lipinski definition) is 2. The Morgan fingerprint density at radius 2 is 1.20 bits per heavy atom. The van der Waals surface area contributed by atoms with Gasteiger partial charge in [-0.3, -0.25) is 0 Å². The molecular weight excluding hydrogens is 681 g/mol. The maximum absolute atomic E-state index is 5.26. The van der Waals surface area contributed by atoms with Gasteiger partial charge in [-0.25, -0.2) is 0 Å². The van der Waals surface area contributed by atoms with E-state index < -0.39 is 13.3 Å². The minimum absolute atomic E-state index is 0.0324. The van der Waals surface area contributed by atoms with Crippen LogP contribution in [0, 0.1) is 0 Å². The van der Waals surface area contributed by atoms with Gasteiger partial charge in [-0.15, -0.1) is 0 Å². The minimum atomic E-state index is -3.66. The fourth-order valence-electron chi connectivity index (χ4n) is 8.26. The van der Waals surface area contributed by atoms with Crippen LogP contribution >= 0.6 is 0 Å². The van der Waals surface area contributed by atoms with Gasteiger partial charge in [0.25, 0.3) is 0 Å². The van der Waals surface area contributed by atoms with Crippen LogP contribution in [0.1, 0.15) is 52.7 Å². The van der Waals surface area contributed by atoms with Crippen LogP contribution in [0.4, 0.5) is 0 Å². The van der Waals surface area contributed by atoms with Crippen LogP contribution < -0.4 is 17.7 Å². The van der Waals surface area contributed by atoms with E-state index in [0.29, 0.717) is 0 Å². The Morgan fingerprint density at radius 1 is 0.529 bits per heavy atom. The monoisotopic (exact) mass is 724 g/mol. The first kappa shape index (κ1) is 31.8. The van der Waals surface area contributed by atoms with Crippen molar-refractivity contribution in [1.29, 1.82) is 0 Å². The molecule has 0 aliphatic carbocycles. The summed E-state index contributed by atoms with van der Waals surface area (Å²) >= 11 is -3.66. The van der Waals surface area contributed by atoms with Crippen LogP contribution in [-0.4, -0.2) is 32.6 Å². The van der Waals surface area contributed by atoms with Crippen molar-refractivity contribution in [3.8, 4) is 22.5 Å². The average Bonchev–Trinajstić information content (AvgIpc) is 3.85. The van der Waals surface area contributed by atoms with Crippen LogP contribution in [0.15, 0.2) is 146 Å². The van der Waals surface area contributed by atoms with Gasteiger partial charge in [0.05, 0.1) is 0 Å². The molecule has 0 fully saturated rings. The third-order valence-corrected chi connectivity index (χ3v) is 20.8. The molecule has 4 nitrogen and oxygen atoms in total. The first-order valence-electron chi connectivity index (χ1n) is 17.9. The molecule has 0 saturated carbocycles. The number of para-hydroxylation sites is 1. The van der Waals surface area contributed by atoms with Crippen LogP contribution in [0.25, 0.3) is 44.3 Å². The molecule has 0 bridgehead atoms. The van der Waals surface area contributed by atoms with Crippen molar-refractivity contribution >= 4 is 52.8 Å². The summed E-state index contributed by atoms with van der Waals surface area (Å²) in [7, 11) is 0. The zero-order valence-corrected chi connectivity index (χ0v) is 32.2. The molecule has 1 aliphatic rings. The molecule has 3 aromatic heterocycles. The van der Waals surface area contributed by atoms with Crippen LogP contribution in [-0.2, 0) is 10.8 Å². The van der Waals surface area contributed by atoms with Crippen molar-refractivity contribution < 1.29 is 0 Å². The molecule has 8 aromatic rings. The third-order valence-electron chi connectivity index (χ3n) is 10.9. The van der Waals surface area contributed by atoms with Gasteiger partial charge in [0.2, 0.25) is 0 Å². The number of benzene rings is 5. The molecular formula is C46H42GeN4. The first-order valence-corrected chi connectivity index (χ1v) is 22.1. The van der Waals surface area contributed by atoms with E-state index in [1.807, 2.05) is 29.3 Å².